The molecule has 0 saturated carbocycles. The van der Waals surface area contributed by atoms with Crippen molar-refractivity contribution in [3.63, 3.8) is 0 Å². The summed E-state index contributed by atoms with van der Waals surface area (Å²) in [5.74, 6) is 0. The van der Waals surface area contributed by atoms with E-state index < -0.39 is 17.9 Å². The van der Waals surface area contributed by atoms with E-state index in [1.165, 1.54) is 6.07 Å². The van der Waals surface area contributed by atoms with Crippen LogP contribution in [-0.2, 0) is 6.18 Å². The van der Waals surface area contributed by atoms with E-state index in [0.29, 0.717) is 5.56 Å². The first-order valence-electron chi connectivity index (χ1n) is 6.67. The number of rotatable bonds is 3. The molecule has 2 heterocycles. The van der Waals surface area contributed by atoms with Gasteiger partial charge in [-0.15, -0.1) is 0 Å². The maximum atomic E-state index is 12.4. The summed E-state index contributed by atoms with van der Waals surface area (Å²) in [6.07, 6.45) is -2.46. The standard InChI is InChI=1S/C13H17F3N4O/c1-8(19-12(21)20-10-4-5-17-7-10)9-2-3-11(18-6-9)13(14,15)16/h2-3,6,8,10,17H,4-5,7H2,1H3,(H2,19,20,21)/t8-,10+/m1/s1. The Morgan fingerprint density at radius 3 is 2.76 bits per heavy atom. The molecule has 1 fully saturated rings. The number of hydrogen-bond donors (Lipinski definition) is 3. The molecule has 1 aliphatic rings. The molecule has 0 unspecified atom stereocenters. The Hall–Kier alpha value is -1.83. The van der Waals surface area contributed by atoms with Crippen LogP contribution < -0.4 is 16.0 Å². The first-order chi connectivity index (χ1) is 9.86. The van der Waals surface area contributed by atoms with E-state index in [4.69, 9.17) is 0 Å². The van der Waals surface area contributed by atoms with Crippen molar-refractivity contribution in [1.82, 2.24) is 20.9 Å². The van der Waals surface area contributed by atoms with Crippen molar-refractivity contribution in [2.45, 2.75) is 31.6 Å². The van der Waals surface area contributed by atoms with Gasteiger partial charge in [0.1, 0.15) is 5.69 Å². The number of hydrogen-bond acceptors (Lipinski definition) is 3. The number of nitrogens with one attached hydrogen (secondary N) is 3. The Balaban J connectivity index is 1.90. The topological polar surface area (TPSA) is 66.1 Å². The Morgan fingerprint density at radius 1 is 1.48 bits per heavy atom. The molecule has 1 aliphatic heterocycles. The number of alkyl halides is 3. The van der Waals surface area contributed by atoms with Gasteiger partial charge in [0, 0.05) is 18.8 Å². The highest BCUT2D eigenvalue weighted by Gasteiger charge is 2.32. The third-order valence-corrected chi connectivity index (χ3v) is 3.32. The smallest absolute Gasteiger partial charge is 0.334 e. The van der Waals surface area contributed by atoms with Gasteiger partial charge in [-0.05, 0) is 31.5 Å². The second kappa shape index (κ2) is 6.30. The van der Waals surface area contributed by atoms with Crippen LogP contribution in [0.5, 0.6) is 0 Å². The Labute approximate surface area is 120 Å². The maximum absolute atomic E-state index is 12.4. The summed E-state index contributed by atoms with van der Waals surface area (Å²) in [6, 6.07) is 1.55. The van der Waals surface area contributed by atoms with E-state index in [1.54, 1.807) is 6.92 Å². The Morgan fingerprint density at radius 2 is 2.24 bits per heavy atom. The lowest BCUT2D eigenvalue weighted by Crippen LogP contribution is -2.43. The summed E-state index contributed by atoms with van der Waals surface area (Å²) in [6.45, 7) is 3.28. The molecule has 1 aromatic heterocycles. The van der Waals surface area contributed by atoms with Gasteiger partial charge in [-0.25, -0.2) is 4.79 Å². The van der Waals surface area contributed by atoms with Gasteiger partial charge in [0.15, 0.2) is 0 Å². The van der Waals surface area contributed by atoms with Crippen molar-refractivity contribution < 1.29 is 18.0 Å². The Kier molecular flexibility index (Phi) is 4.66. The number of amides is 2. The predicted molar refractivity (Wildman–Crippen MR) is 70.6 cm³/mol. The van der Waals surface area contributed by atoms with Gasteiger partial charge in [-0.3, -0.25) is 4.98 Å². The molecule has 2 rings (SSSR count). The largest absolute Gasteiger partial charge is 0.433 e. The van der Waals surface area contributed by atoms with Crippen LogP contribution in [0.1, 0.15) is 30.6 Å². The average Bonchev–Trinajstić information content (AvgIpc) is 2.90. The van der Waals surface area contributed by atoms with E-state index in [1.807, 2.05) is 0 Å². The lowest BCUT2D eigenvalue weighted by molar-refractivity contribution is -0.141. The molecule has 2 atom stereocenters. The molecule has 21 heavy (non-hydrogen) atoms. The normalized spacial score (nSPS) is 20.1. The zero-order chi connectivity index (χ0) is 15.5. The average molecular weight is 302 g/mol. The van der Waals surface area contributed by atoms with Gasteiger partial charge in [-0.2, -0.15) is 13.2 Å². The van der Waals surface area contributed by atoms with Crippen molar-refractivity contribution in [2.75, 3.05) is 13.1 Å². The molecule has 8 heteroatoms. The number of carbonyl (C=O) groups is 1. The van der Waals surface area contributed by atoms with Crippen LogP contribution in [0, 0.1) is 0 Å². The monoisotopic (exact) mass is 302 g/mol. The van der Waals surface area contributed by atoms with Crippen molar-refractivity contribution in [3.8, 4) is 0 Å². The number of halogens is 3. The van der Waals surface area contributed by atoms with Gasteiger partial charge >= 0.3 is 12.2 Å². The van der Waals surface area contributed by atoms with Gasteiger partial charge < -0.3 is 16.0 Å². The number of carbonyl (C=O) groups excluding carboxylic acids is 1. The van der Waals surface area contributed by atoms with E-state index in [-0.39, 0.29) is 12.1 Å². The zero-order valence-electron chi connectivity index (χ0n) is 11.5. The molecule has 2 amide bonds. The first-order valence-corrected chi connectivity index (χ1v) is 6.67. The lowest BCUT2D eigenvalue weighted by Gasteiger charge is -2.17. The molecule has 0 aliphatic carbocycles. The zero-order valence-corrected chi connectivity index (χ0v) is 11.5. The number of urea groups is 1. The van der Waals surface area contributed by atoms with Crippen molar-refractivity contribution >= 4 is 6.03 Å². The van der Waals surface area contributed by atoms with E-state index >= 15 is 0 Å². The van der Waals surface area contributed by atoms with Crippen LogP contribution >= 0.6 is 0 Å². The highest BCUT2D eigenvalue weighted by atomic mass is 19.4. The molecule has 0 aromatic carbocycles. The van der Waals surface area contributed by atoms with Crippen molar-refractivity contribution in [3.05, 3.63) is 29.6 Å². The highest BCUT2D eigenvalue weighted by Crippen LogP contribution is 2.27. The molecule has 0 spiro atoms. The summed E-state index contributed by atoms with van der Waals surface area (Å²) >= 11 is 0. The molecule has 1 saturated heterocycles. The molecule has 116 valence electrons. The summed E-state index contributed by atoms with van der Waals surface area (Å²) < 4.78 is 37.2. The summed E-state index contributed by atoms with van der Waals surface area (Å²) in [7, 11) is 0. The predicted octanol–water partition coefficient (Wildman–Crippen LogP) is 1.82. The van der Waals surface area contributed by atoms with Crippen LogP contribution in [0.25, 0.3) is 0 Å². The fraction of sp³-hybridized carbons (Fsp3) is 0.538. The Bertz CT molecular complexity index is 483. The minimum atomic E-state index is -4.46. The van der Waals surface area contributed by atoms with Gasteiger partial charge in [-0.1, -0.05) is 6.07 Å². The van der Waals surface area contributed by atoms with Crippen LogP contribution in [-0.4, -0.2) is 30.1 Å². The molecule has 3 N–H and O–H groups in total. The highest BCUT2D eigenvalue weighted by molar-refractivity contribution is 5.74. The number of aromatic nitrogens is 1. The second-order valence-corrected chi connectivity index (χ2v) is 5.00. The summed E-state index contributed by atoms with van der Waals surface area (Å²) in [5, 5.41) is 8.61. The fourth-order valence-electron chi connectivity index (χ4n) is 2.11. The molecule has 0 radical (unpaired) electrons. The minimum absolute atomic E-state index is 0.0860. The summed E-state index contributed by atoms with van der Waals surface area (Å²) in [4.78, 5) is 15.1. The molecule has 5 nitrogen and oxygen atoms in total. The van der Waals surface area contributed by atoms with Crippen LogP contribution in [0.15, 0.2) is 18.3 Å². The van der Waals surface area contributed by atoms with Crippen LogP contribution in [0.4, 0.5) is 18.0 Å². The van der Waals surface area contributed by atoms with E-state index in [0.717, 1.165) is 31.8 Å². The van der Waals surface area contributed by atoms with Crippen molar-refractivity contribution in [1.29, 1.82) is 0 Å². The van der Waals surface area contributed by atoms with Gasteiger partial charge in [0.25, 0.3) is 0 Å². The minimum Gasteiger partial charge on any atom is -0.334 e. The third-order valence-electron chi connectivity index (χ3n) is 3.32. The summed E-state index contributed by atoms with van der Waals surface area (Å²) in [5.41, 5.74) is -0.428. The molecule has 0 bridgehead atoms. The number of pyridine rings is 1. The third kappa shape index (κ3) is 4.32. The van der Waals surface area contributed by atoms with Crippen LogP contribution in [0.2, 0.25) is 0 Å². The van der Waals surface area contributed by atoms with E-state index in [2.05, 4.69) is 20.9 Å². The van der Waals surface area contributed by atoms with E-state index in [9.17, 15) is 18.0 Å². The number of nitrogens with zero attached hydrogens (tertiary/aromatic N) is 1. The molecular formula is C13H17F3N4O. The lowest BCUT2D eigenvalue weighted by atomic mass is 10.1. The molecule has 1 aromatic rings. The quantitative estimate of drug-likeness (QED) is 0.798. The van der Waals surface area contributed by atoms with Crippen LogP contribution in [0.3, 0.4) is 0 Å². The van der Waals surface area contributed by atoms with Gasteiger partial charge in [0.05, 0.1) is 6.04 Å². The second-order valence-electron chi connectivity index (χ2n) is 5.00. The van der Waals surface area contributed by atoms with Crippen molar-refractivity contribution in [2.24, 2.45) is 0 Å². The first kappa shape index (κ1) is 15.6. The fourth-order valence-corrected chi connectivity index (χ4v) is 2.11. The van der Waals surface area contributed by atoms with Gasteiger partial charge in [0.2, 0.25) is 0 Å². The maximum Gasteiger partial charge on any atom is 0.433 e. The molecular weight excluding hydrogens is 285 g/mol. The SMILES string of the molecule is C[C@@H](NC(=O)N[C@H]1CCNC1)c1ccc(C(F)(F)F)nc1.